The van der Waals surface area contributed by atoms with E-state index in [0.29, 0.717) is 0 Å². The molecule has 0 bridgehead atoms. The van der Waals surface area contributed by atoms with Crippen LogP contribution in [0.1, 0.15) is 38.9 Å². The standard InChI is InChI=1S/C51H47BP/c1-35-29-37(3)50(38(4)30-35)52(51-39(5)31-36(2)32-40(51)6)43-25-27-46(28-26-43)53(44-19-9-7-10-20-44,45-21-11-8-12-22-45)34-49-47-23-15-13-17-41(47)33-42-18-14-16-24-48(42)49/h7-33H,34H2,1-6H3/q+1. The fraction of sp³-hybridized carbons (Fsp3) is 0.137. The largest absolute Gasteiger partial charge is 0.242 e. The summed E-state index contributed by atoms with van der Waals surface area (Å²) in [6.07, 6.45) is 0.929. The van der Waals surface area contributed by atoms with Gasteiger partial charge in [0.15, 0.2) is 0 Å². The molecule has 8 rings (SSSR count). The van der Waals surface area contributed by atoms with E-state index in [1.165, 1.54) is 92.8 Å². The predicted molar refractivity (Wildman–Crippen MR) is 236 cm³/mol. The van der Waals surface area contributed by atoms with Crippen LogP contribution >= 0.6 is 7.26 Å². The Morgan fingerprint density at radius 2 is 0.774 bits per heavy atom. The van der Waals surface area contributed by atoms with Gasteiger partial charge < -0.3 is 0 Å². The van der Waals surface area contributed by atoms with Gasteiger partial charge in [0.1, 0.15) is 23.2 Å². The highest BCUT2D eigenvalue weighted by atomic mass is 31.2. The van der Waals surface area contributed by atoms with Gasteiger partial charge in [-0.15, -0.1) is 0 Å². The van der Waals surface area contributed by atoms with Crippen LogP contribution in [-0.4, -0.2) is 6.71 Å². The fourth-order valence-corrected chi connectivity index (χ4v) is 13.6. The zero-order valence-corrected chi connectivity index (χ0v) is 32.7. The Labute approximate surface area is 317 Å². The van der Waals surface area contributed by atoms with Crippen molar-refractivity contribution in [3.05, 3.63) is 203 Å². The maximum atomic E-state index is 2.49. The number of fused-ring (bicyclic) bond motifs is 2. The SMILES string of the molecule is Cc1cc(C)c(B(c2ccc([P+](Cc3c4ccccc4cc4ccccc34)(c3ccccc3)c3ccccc3)cc2)c2c(C)cc(C)cc2C)c(C)c1. The lowest BCUT2D eigenvalue weighted by Crippen LogP contribution is -2.56. The van der Waals surface area contributed by atoms with Gasteiger partial charge >= 0.3 is 0 Å². The normalized spacial score (nSPS) is 11.7. The van der Waals surface area contributed by atoms with Gasteiger partial charge in [-0.1, -0.05) is 171 Å². The van der Waals surface area contributed by atoms with Crippen LogP contribution in [0, 0.1) is 41.5 Å². The number of hydrogen-bond acceptors (Lipinski definition) is 0. The van der Waals surface area contributed by atoms with Crippen molar-refractivity contribution in [3.8, 4) is 0 Å². The highest BCUT2D eigenvalue weighted by Crippen LogP contribution is 2.59. The molecule has 0 radical (unpaired) electrons. The Bertz CT molecular complexity index is 2390. The van der Waals surface area contributed by atoms with Crippen molar-refractivity contribution in [2.75, 3.05) is 0 Å². The maximum absolute atomic E-state index is 2.49. The second-order valence-electron chi connectivity index (χ2n) is 15.1. The molecule has 0 saturated carbocycles. The van der Waals surface area contributed by atoms with Crippen LogP contribution in [0.25, 0.3) is 21.5 Å². The third kappa shape index (κ3) is 6.32. The first-order valence-corrected chi connectivity index (χ1v) is 20.9. The lowest BCUT2D eigenvalue weighted by atomic mass is 9.34. The highest BCUT2D eigenvalue weighted by Gasteiger charge is 2.46. The first-order chi connectivity index (χ1) is 25.7. The van der Waals surface area contributed by atoms with Gasteiger partial charge in [-0.2, -0.15) is 0 Å². The smallest absolute Gasteiger partial charge is 0.0683 e. The van der Waals surface area contributed by atoms with Crippen LogP contribution in [0.5, 0.6) is 0 Å². The van der Waals surface area contributed by atoms with E-state index in [4.69, 9.17) is 0 Å². The van der Waals surface area contributed by atoms with Crippen molar-refractivity contribution in [3.63, 3.8) is 0 Å². The monoisotopic (exact) mass is 701 g/mol. The molecular formula is C51H47BP+. The van der Waals surface area contributed by atoms with Gasteiger partial charge in [0.05, 0.1) is 6.16 Å². The van der Waals surface area contributed by atoms with E-state index >= 15 is 0 Å². The summed E-state index contributed by atoms with van der Waals surface area (Å²) < 4.78 is 0. The van der Waals surface area contributed by atoms with Crippen LogP contribution in [0.15, 0.2) is 164 Å². The van der Waals surface area contributed by atoms with E-state index in [9.17, 15) is 0 Å². The molecule has 0 aliphatic carbocycles. The summed E-state index contributed by atoms with van der Waals surface area (Å²) in [6.45, 7) is 13.7. The van der Waals surface area contributed by atoms with Gasteiger partial charge in [-0.05, 0) is 106 Å². The van der Waals surface area contributed by atoms with E-state index < -0.39 is 7.26 Å². The number of hydrogen-bond donors (Lipinski definition) is 0. The Morgan fingerprint density at radius 1 is 0.396 bits per heavy atom. The van der Waals surface area contributed by atoms with Crippen molar-refractivity contribution in [2.45, 2.75) is 47.7 Å². The van der Waals surface area contributed by atoms with Crippen LogP contribution in [0.4, 0.5) is 0 Å². The number of rotatable bonds is 8. The molecule has 258 valence electrons. The minimum Gasteiger partial charge on any atom is -0.0683 e. The topological polar surface area (TPSA) is 0 Å². The zero-order valence-electron chi connectivity index (χ0n) is 31.8. The molecule has 0 unspecified atom stereocenters. The Morgan fingerprint density at radius 3 is 1.21 bits per heavy atom. The van der Waals surface area contributed by atoms with E-state index in [-0.39, 0.29) is 6.71 Å². The molecule has 0 saturated heterocycles. The molecule has 0 aromatic heterocycles. The summed E-state index contributed by atoms with van der Waals surface area (Å²) in [5.74, 6) is 0. The summed E-state index contributed by atoms with van der Waals surface area (Å²) in [6, 6.07) is 62.4. The fourth-order valence-electron chi connectivity index (χ4n) is 9.29. The molecule has 0 nitrogen and oxygen atoms in total. The number of benzene rings is 8. The molecule has 8 aromatic rings. The van der Waals surface area contributed by atoms with Crippen molar-refractivity contribution in [1.82, 2.24) is 0 Å². The molecular weight excluding hydrogens is 654 g/mol. The second kappa shape index (κ2) is 14.3. The average molecular weight is 702 g/mol. The molecule has 0 spiro atoms. The maximum Gasteiger partial charge on any atom is 0.242 e. The van der Waals surface area contributed by atoms with Crippen LogP contribution in [0.2, 0.25) is 0 Å². The van der Waals surface area contributed by atoms with Gasteiger partial charge in [0, 0.05) is 5.56 Å². The third-order valence-electron chi connectivity index (χ3n) is 11.4. The minimum absolute atomic E-state index is 0.133. The van der Waals surface area contributed by atoms with Crippen molar-refractivity contribution in [1.29, 1.82) is 0 Å². The van der Waals surface area contributed by atoms with Gasteiger partial charge in [0.2, 0.25) is 6.71 Å². The summed E-state index contributed by atoms with van der Waals surface area (Å²) >= 11 is 0. The number of aryl methyl sites for hydroxylation is 6. The molecule has 0 atom stereocenters. The van der Waals surface area contributed by atoms with Gasteiger partial charge in [-0.25, -0.2) is 0 Å². The zero-order chi connectivity index (χ0) is 36.7. The van der Waals surface area contributed by atoms with Crippen LogP contribution in [-0.2, 0) is 6.16 Å². The first kappa shape index (κ1) is 34.8. The van der Waals surface area contributed by atoms with E-state index in [1.54, 1.807) is 0 Å². The lowest BCUT2D eigenvalue weighted by molar-refractivity contribution is 1.34. The third-order valence-corrected chi connectivity index (χ3v) is 15.7. The van der Waals surface area contributed by atoms with Crippen LogP contribution in [0.3, 0.4) is 0 Å². The van der Waals surface area contributed by atoms with Gasteiger partial charge in [0.25, 0.3) is 0 Å². The summed E-state index contributed by atoms with van der Waals surface area (Å²) in [7, 11) is -2.23. The molecule has 0 aliphatic heterocycles. The summed E-state index contributed by atoms with van der Waals surface area (Å²) in [4.78, 5) is 0. The highest BCUT2D eigenvalue weighted by molar-refractivity contribution is 7.95. The van der Waals surface area contributed by atoms with E-state index in [0.717, 1.165) is 6.16 Å². The molecule has 0 amide bonds. The Hall–Kier alpha value is -5.23. The Balaban J connectivity index is 1.40. The predicted octanol–water partition coefficient (Wildman–Crippen LogP) is 9.85. The lowest BCUT2D eigenvalue weighted by Gasteiger charge is -2.30. The van der Waals surface area contributed by atoms with Crippen molar-refractivity contribution >= 4 is 67.8 Å². The van der Waals surface area contributed by atoms with Crippen molar-refractivity contribution in [2.24, 2.45) is 0 Å². The molecule has 2 heteroatoms. The Kier molecular flexibility index (Phi) is 9.40. The minimum atomic E-state index is -2.23. The molecule has 8 aromatic carbocycles. The molecule has 0 N–H and O–H groups in total. The molecule has 0 heterocycles. The van der Waals surface area contributed by atoms with E-state index in [2.05, 4.69) is 205 Å². The quantitative estimate of drug-likeness (QED) is 0.0841. The van der Waals surface area contributed by atoms with E-state index in [1.807, 2.05) is 0 Å². The second-order valence-corrected chi connectivity index (χ2v) is 18.6. The average Bonchev–Trinajstić information content (AvgIpc) is 3.16. The van der Waals surface area contributed by atoms with Crippen LogP contribution < -0.4 is 32.3 Å². The summed E-state index contributed by atoms with van der Waals surface area (Å²) in [5, 5.41) is 9.50. The van der Waals surface area contributed by atoms with Gasteiger partial charge in [-0.3, -0.25) is 0 Å². The molecule has 0 fully saturated rings. The summed E-state index contributed by atoms with van der Waals surface area (Å²) in [5.41, 5.74) is 13.7. The first-order valence-electron chi connectivity index (χ1n) is 18.9. The molecule has 53 heavy (non-hydrogen) atoms. The molecule has 0 aliphatic rings. The van der Waals surface area contributed by atoms with Crippen molar-refractivity contribution < 1.29 is 0 Å².